The van der Waals surface area contributed by atoms with Crippen LogP contribution in [-0.4, -0.2) is 6.04 Å². The summed E-state index contributed by atoms with van der Waals surface area (Å²) >= 11 is 0. The topological polar surface area (TPSA) is 35.8 Å². The predicted octanol–water partition coefficient (Wildman–Crippen LogP) is 2.69. The van der Waals surface area contributed by atoms with E-state index in [4.69, 9.17) is 5.26 Å². The van der Waals surface area contributed by atoms with E-state index >= 15 is 0 Å². The van der Waals surface area contributed by atoms with Crippen molar-refractivity contribution in [2.24, 2.45) is 5.92 Å². The van der Waals surface area contributed by atoms with Crippen molar-refractivity contribution in [3.8, 4) is 6.07 Å². The molecule has 1 N–H and O–H groups in total. The fraction of sp³-hybridized carbons (Fsp3) is 0.462. The van der Waals surface area contributed by atoms with Gasteiger partial charge < -0.3 is 5.32 Å². The SMILES string of the molecule is CC(C)C(C)NCc1ccccc1C#N. The van der Waals surface area contributed by atoms with Crippen LogP contribution in [0.4, 0.5) is 0 Å². The maximum Gasteiger partial charge on any atom is 0.0995 e. The average molecular weight is 202 g/mol. The first-order valence-electron chi connectivity index (χ1n) is 5.36. The van der Waals surface area contributed by atoms with E-state index in [-0.39, 0.29) is 0 Å². The molecular weight excluding hydrogens is 184 g/mol. The largest absolute Gasteiger partial charge is 0.310 e. The molecule has 1 aromatic carbocycles. The van der Waals surface area contributed by atoms with Crippen LogP contribution in [0, 0.1) is 17.2 Å². The molecule has 0 bridgehead atoms. The molecule has 2 nitrogen and oxygen atoms in total. The number of nitriles is 1. The lowest BCUT2D eigenvalue weighted by atomic mass is 10.0. The molecule has 1 aromatic rings. The number of nitrogens with zero attached hydrogens (tertiary/aromatic N) is 1. The summed E-state index contributed by atoms with van der Waals surface area (Å²) in [6, 6.07) is 10.4. The molecule has 0 heterocycles. The van der Waals surface area contributed by atoms with Gasteiger partial charge in [0.05, 0.1) is 11.6 Å². The summed E-state index contributed by atoms with van der Waals surface area (Å²) in [4.78, 5) is 0. The Bertz CT molecular complexity index is 350. The van der Waals surface area contributed by atoms with Crippen LogP contribution in [0.25, 0.3) is 0 Å². The minimum atomic E-state index is 0.469. The smallest absolute Gasteiger partial charge is 0.0995 e. The summed E-state index contributed by atoms with van der Waals surface area (Å²) in [5.41, 5.74) is 1.84. The number of rotatable bonds is 4. The van der Waals surface area contributed by atoms with Crippen molar-refractivity contribution in [2.45, 2.75) is 33.4 Å². The van der Waals surface area contributed by atoms with E-state index in [1.165, 1.54) is 0 Å². The Morgan fingerprint density at radius 3 is 2.53 bits per heavy atom. The summed E-state index contributed by atoms with van der Waals surface area (Å²) in [5, 5.41) is 12.3. The van der Waals surface area contributed by atoms with E-state index in [1.54, 1.807) is 0 Å². The Hall–Kier alpha value is -1.33. The van der Waals surface area contributed by atoms with Crippen molar-refractivity contribution in [3.63, 3.8) is 0 Å². The van der Waals surface area contributed by atoms with Crippen LogP contribution in [0.5, 0.6) is 0 Å². The first kappa shape index (κ1) is 11.7. The van der Waals surface area contributed by atoms with Crippen molar-refractivity contribution in [2.75, 3.05) is 0 Å². The number of hydrogen-bond donors (Lipinski definition) is 1. The van der Waals surface area contributed by atoms with Gasteiger partial charge in [0.25, 0.3) is 0 Å². The van der Waals surface area contributed by atoms with Crippen LogP contribution in [0.1, 0.15) is 31.9 Å². The second-order valence-corrected chi connectivity index (χ2v) is 4.18. The van der Waals surface area contributed by atoms with Gasteiger partial charge in [-0.15, -0.1) is 0 Å². The summed E-state index contributed by atoms with van der Waals surface area (Å²) in [5.74, 6) is 0.610. The fourth-order valence-electron chi connectivity index (χ4n) is 1.29. The Morgan fingerprint density at radius 2 is 1.93 bits per heavy atom. The quantitative estimate of drug-likeness (QED) is 0.814. The standard InChI is InChI=1S/C13H18N2/c1-10(2)11(3)15-9-13-7-5-4-6-12(13)8-14/h4-7,10-11,15H,9H2,1-3H3. The number of hydrogen-bond acceptors (Lipinski definition) is 2. The Morgan fingerprint density at radius 1 is 1.27 bits per heavy atom. The maximum absolute atomic E-state index is 8.92. The first-order chi connectivity index (χ1) is 7.15. The third kappa shape index (κ3) is 3.38. The van der Waals surface area contributed by atoms with Crippen molar-refractivity contribution in [3.05, 3.63) is 35.4 Å². The van der Waals surface area contributed by atoms with Gasteiger partial charge in [0.1, 0.15) is 0 Å². The second-order valence-electron chi connectivity index (χ2n) is 4.18. The minimum Gasteiger partial charge on any atom is -0.310 e. The number of benzene rings is 1. The average Bonchev–Trinajstić information content (AvgIpc) is 2.26. The molecule has 0 fully saturated rings. The van der Waals surface area contributed by atoms with E-state index in [0.717, 1.165) is 17.7 Å². The van der Waals surface area contributed by atoms with Crippen molar-refractivity contribution < 1.29 is 0 Å². The second kappa shape index (κ2) is 5.53. The molecule has 1 rings (SSSR count). The molecule has 0 aromatic heterocycles. The van der Waals surface area contributed by atoms with E-state index in [2.05, 4.69) is 32.2 Å². The molecule has 2 heteroatoms. The minimum absolute atomic E-state index is 0.469. The number of nitrogens with one attached hydrogen (secondary N) is 1. The van der Waals surface area contributed by atoms with Gasteiger partial charge in [0, 0.05) is 12.6 Å². The highest BCUT2D eigenvalue weighted by atomic mass is 14.9. The molecule has 1 atom stereocenters. The molecule has 1 unspecified atom stereocenters. The summed E-state index contributed by atoms with van der Waals surface area (Å²) in [6.45, 7) is 7.31. The molecule has 0 aliphatic heterocycles. The Kier molecular flexibility index (Phi) is 4.33. The van der Waals surface area contributed by atoms with Gasteiger partial charge >= 0.3 is 0 Å². The predicted molar refractivity (Wildman–Crippen MR) is 62.3 cm³/mol. The van der Waals surface area contributed by atoms with Crippen LogP contribution in [0.2, 0.25) is 0 Å². The molecule has 0 saturated carbocycles. The Balaban J connectivity index is 2.62. The van der Waals surface area contributed by atoms with Gasteiger partial charge in [-0.05, 0) is 24.5 Å². The van der Waals surface area contributed by atoms with Crippen molar-refractivity contribution >= 4 is 0 Å². The van der Waals surface area contributed by atoms with Crippen LogP contribution in [0.15, 0.2) is 24.3 Å². The van der Waals surface area contributed by atoms with Gasteiger partial charge in [-0.3, -0.25) is 0 Å². The van der Waals surface area contributed by atoms with Gasteiger partial charge in [-0.2, -0.15) is 5.26 Å². The molecule has 0 aliphatic rings. The van der Waals surface area contributed by atoms with E-state index in [0.29, 0.717) is 12.0 Å². The zero-order valence-corrected chi connectivity index (χ0v) is 9.62. The molecule has 0 saturated heterocycles. The van der Waals surface area contributed by atoms with Gasteiger partial charge in [0.2, 0.25) is 0 Å². The van der Waals surface area contributed by atoms with Gasteiger partial charge in [-0.1, -0.05) is 32.0 Å². The van der Waals surface area contributed by atoms with E-state index in [9.17, 15) is 0 Å². The van der Waals surface area contributed by atoms with E-state index < -0.39 is 0 Å². The lowest BCUT2D eigenvalue weighted by molar-refractivity contribution is 0.426. The van der Waals surface area contributed by atoms with Crippen LogP contribution in [-0.2, 0) is 6.54 Å². The molecule has 80 valence electrons. The molecule has 0 spiro atoms. The van der Waals surface area contributed by atoms with Crippen molar-refractivity contribution in [1.82, 2.24) is 5.32 Å². The molecule has 0 aliphatic carbocycles. The zero-order chi connectivity index (χ0) is 11.3. The van der Waals surface area contributed by atoms with Crippen LogP contribution < -0.4 is 5.32 Å². The maximum atomic E-state index is 8.92. The lowest BCUT2D eigenvalue weighted by Gasteiger charge is -2.17. The summed E-state index contributed by atoms with van der Waals surface area (Å²) in [7, 11) is 0. The highest BCUT2D eigenvalue weighted by Gasteiger charge is 2.07. The summed E-state index contributed by atoms with van der Waals surface area (Å²) in [6.07, 6.45) is 0. The third-order valence-electron chi connectivity index (χ3n) is 2.75. The van der Waals surface area contributed by atoms with Gasteiger partial charge in [-0.25, -0.2) is 0 Å². The molecular formula is C13H18N2. The van der Waals surface area contributed by atoms with Crippen molar-refractivity contribution in [1.29, 1.82) is 5.26 Å². The van der Waals surface area contributed by atoms with Crippen LogP contribution >= 0.6 is 0 Å². The third-order valence-corrected chi connectivity index (χ3v) is 2.75. The van der Waals surface area contributed by atoms with Gasteiger partial charge in [0.15, 0.2) is 0 Å². The highest BCUT2D eigenvalue weighted by Crippen LogP contribution is 2.08. The molecule has 0 radical (unpaired) electrons. The Labute approximate surface area is 91.9 Å². The molecule has 15 heavy (non-hydrogen) atoms. The first-order valence-corrected chi connectivity index (χ1v) is 5.36. The van der Waals surface area contributed by atoms with E-state index in [1.807, 2.05) is 24.3 Å². The highest BCUT2D eigenvalue weighted by molar-refractivity contribution is 5.37. The zero-order valence-electron chi connectivity index (χ0n) is 9.62. The lowest BCUT2D eigenvalue weighted by Crippen LogP contribution is -2.30. The van der Waals surface area contributed by atoms with Crippen LogP contribution in [0.3, 0.4) is 0 Å². The fourth-order valence-corrected chi connectivity index (χ4v) is 1.29. The molecule has 0 amide bonds. The monoisotopic (exact) mass is 202 g/mol. The normalized spacial score (nSPS) is 12.5. The summed E-state index contributed by atoms with van der Waals surface area (Å²) < 4.78 is 0.